The number of benzene rings is 4. The van der Waals surface area contributed by atoms with Crippen LogP contribution in [0, 0.1) is 23.3 Å². The van der Waals surface area contributed by atoms with Crippen LogP contribution in [0.2, 0.25) is 0 Å². The summed E-state index contributed by atoms with van der Waals surface area (Å²) < 4.78 is 61.8. The van der Waals surface area contributed by atoms with E-state index < -0.39 is 41.8 Å². The van der Waals surface area contributed by atoms with Crippen molar-refractivity contribution in [3.05, 3.63) is 101 Å². The van der Waals surface area contributed by atoms with Crippen molar-refractivity contribution in [2.45, 2.75) is 0 Å². The van der Waals surface area contributed by atoms with Gasteiger partial charge in [-0.15, -0.1) is 0 Å². The van der Waals surface area contributed by atoms with Gasteiger partial charge in [0.1, 0.15) is 46.1 Å². The fourth-order valence-electron chi connectivity index (χ4n) is 2.91. The second-order valence-electron chi connectivity index (χ2n) is 7.52. The molecule has 0 atom stereocenters. The standard InChI is InChI=1S/C13H11F2NO.C7H9BO3.C6H4BrF2N/c1-17-10-4-2-3-8(5-10)9-6-11(14)13(16)12(15)7-9;1-11-7-4-2-3-6(5-7)8(9)10;7-3-1-4(8)6(10)5(9)2-3/h2-7H,16H2,1H3;2-5,9-10H,1H3;1-2H,10H2. The molecule has 0 aromatic heterocycles. The van der Waals surface area contributed by atoms with Gasteiger partial charge in [0.05, 0.1) is 14.2 Å². The van der Waals surface area contributed by atoms with Gasteiger partial charge in [0.15, 0.2) is 0 Å². The molecule has 38 heavy (non-hydrogen) atoms. The highest BCUT2D eigenvalue weighted by Gasteiger charge is 2.11. The minimum absolute atomic E-state index is 0.344. The lowest BCUT2D eigenvalue weighted by Crippen LogP contribution is -2.29. The van der Waals surface area contributed by atoms with Crippen molar-refractivity contribution in [1.29, 1.82) is 0 Å². The van der Waals surface area contributed by atoms with E-state index in [-0.39, 0.29) is 0 Å². The molecule has 0 fully saturated rings. The maximum absolute atomic E-state index is 13.3. The Morgan fingerprint density at radius 1 is 0.658 bits per heavy atom. The highest BCUT2D eigenvalue weighted by molar-refractivity contribution is 9.10. The van der Waals surface area contributed by atoms with E-state index in [4.69, 9.17) is 31.0 Å². The zero-order valence-electron chi connectivity index (χ0n) is 20.3. The van der Waals surface area contributed by atoms with Crippen LogP contribution in [-0.2, 0) is 0 Å². The highest BCUT2D eigenvalue weighted by Crippen LogP contribution is 2.28. The Morgan fingerprint density at radius 3 is 1.58 bits per heavy atom. The van der Waals surface area contributed by atoms with Crippen LogP contribution in [0.1, 0.15) is 0 Å². The first-order chi connectivity index (χ1) is 18.0. The van der Waals surface area contributed by atoms with Gasteiger partial charge in [0.25, 0.3) is 0 Å². The number of hydrogen-bond donors (Lipinski definition) is 4. The van der Waals surface area contributed by atoms with Gasteiger partial charge in [-0.25, -0.2) is 17.6 Å². The second kappa shape index (κ2) is 14.3. The van der Waals surface area contributed by atoms with Crippen molar-refractivity contribution in [2.24, 2.45) is 0 Å². The van der Waals surface area contributed by atoms with Crippen molar-refractivity contribution in [1.82, 2.24) is 0 Å². The normalized spacial score (nSPS) is 9.92. The number of hydrogen-bond acceptors (Lipinski definition) is 6. The van der Waals surface area contributed by atoms with E-state index in [1.807, 2.05) is 0 Å². The fraction of sp³-hybridized carbons (Fsp3) is 0.0769. The summed E-state index contributed by atoms with van der Waals surface area (Å²) in [6, 6.07) is 18.2. The molecule has 0 aliphatic carbocycles. The third kappa shape index (κ3) is 8.68. The number of nitrogens with two attached hydrogens (primary N) is 2. The Labute approximate surface area is 225 Å². The van der Waals surface area contributed by atoms with E-state index >= 15 is 0 Å². The predicted octanol–water partition coefficient (Wildman–Crippen LogP) is 4.91. The number of halogens is 5. The van der Waals surface area contributed by atoms with E-state index in [1.54, 1.807) is 48.5 Å². The van der Waals surface area contributed by atoms with Crippen LogP contribution >= 0.6 is 15.9 Å². The molecule has 4 aromatic carbocycles. The lowest BCUT2D eigenvalue weighted by molar-refractivity contribution is 0.412. The molecule has 0 amide bonds. The molecule has 4 aromatic rings. The van der Waals surface area contributed by atoms with Gasteiger partial charge in [-0.2, -0.15) is 0 Å². The zero-order valence-corrected chi connectivity index (χ0v) is 21.8. The number of methoxy groups -OCH3 is 2. The highest BCUT2D eigenvalue weighted by atomic mass is 79.9. The molecule has 0 spiro atoms. The van der Waals surface area contributed by atoms with E-state index in [9.17, 15) is 17.6 Å². The number of nitrogen functional groups attached to an aromatic ring is 2. The first-order valence-electron chi connectivity index (χ1n) is 10.8. The van der Waals surface area contributed by atoms with Crippen molar-refractivity contribution >= 4 is 39.9 Å². The third-order valence-corrected chi connectivity index (χ3v) is 5.38. The Balaban J connectivity index is 0.000000211. The first kappa shape index (κ1) is 30.5. The summed E-state index contributed by atoms with van der Waals surface area (Å²) in [5.74, 6) is -1.76. The van der Waals surface area contributed by atoms with Gasteiger partial charge in [-0.1, -0.05) is 40.2 Å². The average Bonchev–Trinajstić information content (AvgIpc) is 2.90. The topological polar surface area (TPSA) is 111 Å². The van der Waals surface area contributed by atoms with Gasteiger partial charge >= 0.3 is 7.12 Å². The predicted molar refractivity (Wildman–Crippen MR) is 144 cm³/mol. The molecule has 6 N–H and O–H groups in total. The van der Waals surface area contributed by atoms with Gasteiger partial charge < -0.3 is 31.0 Å². The van der Waals surface area contributed by atoms with Gasteiger partial charge in [-0.3, -0.25) is 0 Å². The maximum atomic E-state index is 13.3. The molecular weight excluding hydrogens is 571 g/mol. The molecule has 0 heterocycles. The summed E-state index contributed by atoms with van der Waals surface area (Å²) in [6.45, 7) is 0. The van der Waals surface area contributed by atoms with Gasteiger partial charge in [0.2, 0.25) is 0 Å². The van der Waals surface area contributed by atoms with E-state index in [2.05, 4.69) is 15.9 Å². The van der Waals surface area contributed by atoms with E-state index in [1.165, 1.54) is 26.4 Å². The summed E-state index contributed by atoms with van der Waals surface area (Å²) in [5, 5.41) is 17.5. The lowest BCUT2D eigenvalue weighted by Gasteiger charge is -2.06. The van der Waals surface area contributed by atoms with Crippen LogP contribution in [-0.4, -0.2) is 31.4 Å². The smallest absolute Gasteiger partial charge is 0.488 e. The van der Waals surface area contributed by atoms with Gasteiger partial charge in [-0.05, 0) is 65.1 Å². The number of ether oxygens (including phenoxy) is 2. The molecule has 0 aliphatic heterocycles. The van der Waals surface area contributed by atoms with Crippen LogP contribution in [0.4, 0.5) is 28.9 Å². The molecule has 0 unspecified atom stereocenters. The van der Waals surface area contributed by atoms with Crippen LogP contribution in [0.25, 0.3) is 11.1 Å². The molecular formula is C26H24BBrF4N2O4. The van der Waals surface area contributed by atoms with Crippen LogP contribution in [0.3, 0.4) is 0 Å². The quantitative estimate of drug-likeness (QED) is 0.152. The molecule has 0 saturated carbocycles. The Hall–Kier alpha value is -3.74. The molecule has 4 rings (SSSR count). The molecule has 0 saturated heterocycles. The van der Waals surface area contributed by atoms with Crippen molar-refractivity contribution in [2.75, 3.05) is 25.7 Å². The van der Waals surface area contributed by atoms with Crippen molar-refractivity contribution < 1.29 is 37.1 Å². The van der Waals surface area contributed by atoms with Crippen LogP contribution in [0.5, 0.6) is 11.5 Å². The van der Waals surface area contributed by atoms with Crippen molar-refractivity contribution in [3.63, 3.8) is 0 Å². The summed E-state index contributed by atoms with van der Waals surface area (Å²) in [6.07, 6.45) is 0. The molecule has 0 aliphatic rings. The second-order valence-corrected chi connectivity index (χ2v) is 8.43. The Morgan fingerprint density at radius 2 is 1.11 bits per heavy atom. The average molecular weight is 595 g/mol. The molecule has 200 valence electrons. The summed E-state index contributed by atoms with van der Waals surface area (Å²) in [7, 11) is 1.64. The third-order valence-electron chi connectivity index (χ3n) is 4.92. The van der Waals surface area contributed by atoms with Gasteiger partial charge in [0, 0.05) is 4.47 Å². The number of rotatable bonds is 4. The SMILES string of the molecule is COc1cccc(-c2cc(F)c(N)c(F)c2)c1.COc1cccc(B(O)O)c1.Nc1c(F)cc(Br)cc1F. The minimum atomic E-state index is -1.43. The maximum Gasteiger partial charge on any atom is 0.488 e. The zero-order chi connectivity index (χ0) is 28.4. The first-order valence-corrected chi connectivity index (χ1v) is 11.5. The fourth-order valence-corrected chi connectivity index (χ4v) is 3.31. The molecule has 12 heteroatoms. The van der Waals surface area contributed by atoms with E-state index in [0.29, 0.717) is 32.6 Å². The monoisotopic (exact) mass is 594 g/mol. The van der Waals surface area contributed by atoms with Crippen molar-refractivity contribution in [3.8, 4) is 22.6 Å². The molecule has 0 radical (unpaired) electrons. The summed E-state index contributed by atoms with van der Waals surface area (Å²) in [4.78, 5) is 0. The van der Waals surface area contributed by atoms with E-state index in [0.717, 1.165) is 12.1 Å². The summed E-state index contributed by atoms with van der Waals surface area (Å²) in [5.41, 5.74) is 10.8. The Bertz CT molecular complexity index is 1330. The largest absolute Gasteiger partial charge is 0.497 e. The molecule has 0 bridgehead atoms. The van der Waals surface area contributed by atoms with Crippen LogP contribution in [0.15, 0.2) is 77.3 Å². The lowest BCUT2D eigenvalue weighted by atomic mass is 9.80. The minimum Gasteiger partial charge on any atom is -0.497 e. The van der Waals surface area contributed by atoms with Crippen LogP contribution < -0.4 is 26.4 Å². The number of anilines is 2. The Kier molecular flexibility index (Phi) is 11.4. The molecule has 6 nitrogen and oxygen atoms in total. The summed E-state index contributed by atoms with van der Waals surface area (Å²) >= 11 is 2.91.